The second-order valence-corrected chi connectivity index (χ2v) is 15.3. The fraction of sp³-hybridized carbons (Fsp3) is 0. The van der Waals surface area contributed by atoms with Crippen LogP contribution in [0.5, 0.6) is 0 Å². The molecule has 0 aliphatic heterocycles. The molecular formula is C58H40N2. The number of para-hydroxylation sites is 3. The minimum atomic E-state index is 1.09. The lowest BCUT2D eigenvalue weighted by molar-refractivity contribution is 1.18. The highest BCUT2D eigenvalue weighted by atomic mass is 15.1. The van der Waals surface area contributed by atoms with Crippen LogP contribution >= 0.6 is 0 Å². The number of aromatic nitrogens is 1. The van der Waals surface area contributed by atoms with Crippen LogP contribution in [0, 0.1) is 0 Å². The largest absolute Gasteiger partial charge is 0.310 e. The minimum absolute atomic E-state index is 1.09. The number of fused-ring (bicyclic) bond motifs is 4. The van der Waals surface area contributed by atoms with Gasteiger partial charge in [-0.05, 0) is 110 Å². The van der Waals surface area contributed by atoms with Crippen molar-refractivity contribution in [3.05, 3.63) is 243 Å². The van der Waals surface area contributed by atoms with Gasteiger partial charge in [0.15, 0.2) is 0 Å². The van der Waals surface area contributed by atoms with Crippen molar-refractivity contribution in [1.82, 2.24) is 4.57 Å². The molecule has 60 heavy (non-hydrogen) atoms. The van der Waals surface area contributed by atoms with E-state index in [4.69, 9.17) is 0 Å². The van der Waals surface area contributed by atoms with Crippen LogP contribution in [0.15, 0.2) is 243 Å². The number of hydrogen-bond acceptors (Lipinski definition) is 1. The van der Waals surface area contributed by atoms with Crippen molar-refractivity contribution in [2.24, 2.45) is 0 Å². The van der Waals surface area contributed by atoms with Crippen molar-refractivity contribution < 1.29 is 0 Å². The van der Waals surface area contributed by atoms with Crippen LogP contribution in [0.4, 0.5) is 17.1 Å². The van der Waals surface area contributed by atoms with E-state index in [-0.39, 0.29) is 0 Å². The van der Waals surface area contributed by atoms with Gasteiger partial charge >= 0.3 is 0 Å². The summed E-state index contributed by atoms with van der Waals surface area (Å²) < 4.78 is 2.42. The third-order valence-electron chi connectivity index (χ3n) is 11.8. The van der Waals surface area contributed by atoms with Crippen LogP contribution in [-0.4, -0.2) is 4.57 Å². The van der Waals surface area contributed by atoms with E-state index >= 15 is 0 Å². The molecule has 1 aromatic heterocycles. The summed E-state index contributed by atoms with van der Waals surface area (Å²) in [6.45, 7) is 0. The summed E-state index contributed by atoms with van der Waals surface area (Å²) >= 11 is 0. The minimum Gasteiger partial charge on any atom is -0.310 e. The first-order chi connectivity index (χ1) is 29.8. The van der Waals surface area contributed by atoms with Crippen LogP contribution in [0.2, 0.25) is 0 Å². The van der Waals surface area contributed by atoms with Crippen molar-refractivity contribution in [1.29, 1.82) is 0 Å². The summed E-state index contributed by atoms with van der Waals surface area (Å²) in [6.07, 6.45) is 0. The van der Waals surface area contributed by atoms with Crippen LogP contribution in [0.3, 0.4) is 0 Å². The van der Waals surface area contributed by atoms with E-state index in [1.807, 2.05) is 0 Å². The molecule has 0 saturated carbocycles. The molecule has 2 nitrogen and oxygen atoms in total. The van der Waals surface area contributed by atoms with Gasteiger partial charge in [-0.2, -0.15) is 0 Å². The van der Waals surface area contributed by atoms with E-state index in [2.05, 4.69) is 252 Å². The highest BCUT2D eigenvalue weighted by Crippen LogP contribution is 2.42. The normalized spacial score (nSPS) is 11.3. The summed E-state index contributed by atoms with van der Waals surface area (Å²) in [5.74, 6) is 0. The van der Waals surface area contributed by atoms with Crippen LogP contribution in [0.1, 0.15) is 0 Å². The molecule has 0 saturated heterocycles. The van der Waals surface area contributed by atoms with Gasteiger partial charge in [-0.25, -0.2) is 0 Å². The fourth-order valence-electron chi connectivity index (χ4n) is 8.91. The molecule has 0 fully saturated rings. The first-order valence-electron chi connectivity index (χ1n) is 20.6. The third-order valence-corrected chi connectivity index (χ3v) is 11.8. The van der Waals surface area contributed by atoms with Gasteiger partial charge in [0.1, 0.15) is 0 Å². The Labute approximate surface area is 350 Å². The van der Waals surface area contributed by atoms with Gasteiger partial charge in [-0.15, -0.1) is 0 Å². The number of hydrogen-bond donors (Lipinski definition) is 0. The van der Waals surface area contributed by atoms with Gasteiger partial charge in [-0.3, -0.25) is 0 Å². The van der Waals surface area contributed by atoms with Gasteiger partial charge in [0.05, 0.1) is 16.7 Å². The lowest BCUT2D eigenvalue weighted by Crippen LogP contribution is -2.10. The van der Waals surface area contributed by atoms with Crippen molar-refractivity contribution in [2.45, 2.75) is 0 Å². The van der Waals surface area contributed by atoms with E-state index in [0.717, 1.165) is 28.3 Å². The maximum absolute atomic E-state index is 2.42. The highest BCUT2D eigenvalue weighted by molar-refractivity contribution is 6.10. The Balaban J connectivity index is 1.01. The summed E-state index contributed by atoms with van der Waals surface area (Å²) in [5, 5.41) is 5.00. The molecule has 282 valence electrons. The highest BCUT2D eigenvalue weighted by Gasteiger charge is 2.19. The predicted octanol–water partition coefficient (Wildman–Crippen LogP) is 16.1. The average Bonchev–Trinajstić information content (AvgIpc) is 3.66. The quantitative estimate of drug-likeness (QED) is 0.150. The maximum Gasteiger partial charge on any atom is 0.0541 e. The van der Waals surface area contributed by atoms with Gasteiger partial charge in [0.2, 0.25) is 0 Å². The number of rotatable bonds is 8. The van der Waals surface area contributed by atoms with Gasteiger partial charge < -0.3 is 9.47 Å². The van der Waals surface area contributed by atoms with E-state index in [9.17, 15) is 0 Å². The molecule has 1 heterocycles. The van der Waals surface area contributed by atoms with E-state index in [1.165, 1.54) is 71.5 Å². The van der Waals surface area contributed by atoms with Crippen molar-refractivity contribution in [3.8, 4) is 50.2 Å². The molecule has 0 atom stereocenters. The van der Waals surface area contributed by atoms with E-state index in [0.29, 0.717) is 0 Å². The Morgan fingerprint density at radius 1 is 0.267 bits per heavy atom. The number of benzene rings is 10. The number of nitrogens with zero attached hydrogens (tertiary/aromatic N) is 2. The van der Waals surface area contributed by atoms with Gasteiger partial charge in [0.25, 0.3) is 0 Å². The maximum atomic E-state index is 2.42. The van der Waals surface area contributed by atoms with Gasteiger partial charge in [0, 0.05) is 33.4 Å². The molecule has 0 N–H and O–H groups in total. The molecule has 2 heteroatoms. The Kier molecular flexibility index (Phi) is 8.87. The molecule has 10 aromatic carbocycles. The Hall–Kier alpha value is -7.94. The standard InChI is InChI=1S/C58H40N2/c1-2-15-41(16-3-1)43-31-35-48(36-32-43)59(50-20-14-19-46(40-50)47-30-29-42-17-4-5-18-45(42)39-47)49-37-33-44(34-38-49)51-21-6-7-22-52(51)53-23-8-11-26-56(53)60-57-27-12-9-24-54(57)55-25-10-13-28-58(55)60/h1-40H. The molecule has 0 aliphatic rings. The van der Waals surface area contributed by atoms with Gasteiger partial charge in [-0.1, -0.05) is 182 Å². The fourth-order valence-corrected chi connectivity index (χ4v) is 8.91. The van der Waals surface area contributed by atoms with Crippen molar-refractivity contribution in [2.75, 3.05) is 4.90 Å². The Morgan fingerprint density at radius 3 is 1.48 bits per heavy atom. The first kappa shape index (κ1) is 35.2. The Bertz CT molecular complexity index is 3250. The summed E-state index contributed by atoms with van der Waals surface area (Å²) in [4.78, 5) is 2.37. The molecular weight excluding hydrogens is 725 g/mol. The molecule has 0 aliphatic carbocycles. The van der Waals surface area contributed by atoms with Crippen LogP contribution < -0.4 is 4.90 Å². The zero-order valence-corrected chi connectivity index (χ0v) is 33.0. The summed E-state index contributed by atoms with van der Waals surface area (Å²) in [5.41, 5.74) is 16.4. The molecule has 0 unspecified atom stereocenters. The predicted molar refractivity (Wildman–Crippen MR) is 255 cm³/mol. The van der Waals surface area contributed by atoms with Crippen molar-refractivity contribution in [3.63, 3.8) is 0 Å². The van der Waals surface area contributed by atoms with E-state index < -0.39 is 0 Å². The molecule has 0 amide bonds. The number of anilines is 3. The van der Waals surface area contributed by atoms with Crippen molar-refractivity contribution >= 4 is 49.6 Å². The summed E-state index contributed by atoms with van der Waals surface area (Å²) in [7, 11) is 0. The van der Waals surface area contributed by atoms with Crippen LogP contribution in [-0.2, 0) is 0 Å². The molecule has 11 aromatic rings. The average molecular weight is 765 g/mol. The lowest BCUT2D eigenvalue weighted by atomic mass is 9.93. The molecule has 11 rings (SSSR count). The SMILES string of the molecule is c1ccc(-c2ccc(N(c3ccc(-c4ccccc4-c4ccccc4-n4c5ccccc5c5ccccc54)cc3)c3cccc(-c4ccc5ccccc5c4)c3)cc2)cc1. The van der Waals surface area contributed by atoms with E-state index in [1.54, 1.807) is 0 Å². The second-order valence-electron chi connectivity index (χ2n) is 15.3. The molecule has 0 bridgehead atoms. The smallest absolute Gasteiger partial charge is 0.0541 e. The first-order valence-corrected chi connectivity index (χ1v) is 20.6. The Morgan fingerprint density at radius 2 is 0.767 bits per heavy atom. The topological polar surface area (TPSA) is 8.17 Å². The zero-order chi connectivity index (χ0) is 39.8. The third kappa shape index (κ3) is 6.32. The monoisotopic (exact) mass is 764 g/mol. The summed E-state index contributed by atoms with van der Waals surface area (Å²) in [6, 6.07) is 87.9. The lowest BCUT2D eigenvalue weighted by Gasteiger charge is -2.26. The molecule has 0 spiro atoms. The second kappa shape index (κ2) is 15.1. The zero-order valence-electron chi connectivity index (χ0n) is 33.0. The molecule has 0 radical (unpaired) electrons. The van der Waals surface area contributed by atoms with Crippen LogP contribution in [0.25, 0.3) is 82.8 Å².